The summed E-state index contributed by atoms with van der Waals surface area (Å²) in [6.45, 7) is 12.0. The molecule has 0 nitrogen and oxygen atoms in total. The molecule has 3 aliphatic rings. The predicted octanol–water partition coefficient (Wildman–Crippen LogP) is 12.7. The zero-order chi connectivity index (χ0) is 26.9. The van der Waals surface area contributed by atoms with Crippen molar-refractivity contribution in [3.05, 3.63) is 105 Å². The standard InChI is InChI=1S/3C9H9Cl.3C2H6/c2*10-9-3-1-2-8(6-9)7-4-5-7;10-9-4-2-1-3-8(9)7-5-6-7;3*1-2/h2*1-3,6-7H,4-5H2;1-4,7H,5-6H2;3*1-2H3. The molecule has 36 heavy (non-hydrogen) atoms. The average Bonchev–Trinajstić information content (AvgIpc) is 3.77. The molecule has 3 aromatic carbocycles. The second-order valence-corrected chi connectivity index (χ2v) is 9.73. The van der Waals surface area contributed by atoms with Crippen LogP contribution in [-0.4, -0.2) is 0 Å². The first-order valence-corrected chi connectivity index (χ1v) is 15.0. The first kappa shape index (κ1) is 32.6. The molecular formula is C33H45Cl3. The summed E-state index contributed by atoms with van der Waals surface area (Å²) in [5.41, 5.74) is 4.16. The molecule has 0 aliphatic heterocycles. The quantitative estimate of drug-likeness (QED) is 0.306. The first-order valence-electron chi connectivity index (χ1n) is 13.9. The number of hydrogen-bond acceptors (Lipinski definition) is 0. The van der Waals surface area contributed by atoms with Crippen LogP contribution in [-0.2, 0) is 0 Å². The van der Waals surface area contributed by atoms with Crippen molar-refractivity contribution in [2.75, 3.05) is 0 Å². The molecule has 3 saturated carbocycles. The average molecular weight is 548 g/mol. The summed E-state index contributed by atoms with van der Waals surface area (Å²) in [5.74, 6) is 2.41. The lowest BCUT2D eigenvalue weighted by Crippen LogP contribution is -1.78. The van der Waals surface area contributed by atoms with Crippen LogP contribution in [0.1, 0.15) is 115 Å². The third-order valence-electron chi connectivity index (χ3n) is 5.72. The van der Waals surface area contributed by atoms with Crippen LogP contribution in [0, 0.1) is 0 Å². The van der Waals surface area contributed by atoms with Crippen LogP contribution in [0.5, 0.6) is 0 Å². The van der Waals surface area contributed by atoms with Gasteiger partial charge in [-0.2, -0.15) is 0 Å². The molecule has 0 radical (unpaired) electrons. The van der Waals surface area contributed by atoms with E-state index in [1.165, 1.54) is 55.2 Å². The van der Waals surface area contributed by atoms with Gasteiger partial charge in [-0.3, -0.25) is 0 Å². The van der Waals surface area contributed by atoms with Crippen molar-refractivity contribution in [3.63, 3.8) is 0 Å². The third kappa shape index (κ3) is 12.7. The van der Waals surface area contributed by atoms with E-state index < -0.39 is 0 Å². The van der Waals surface area contributed by atoms with Gasteiger partial charge in [-0.25, -0.2) is 0 Å². The molecule has 3 aromatic rings. The number of benzene rings is 3. The van der Waals surface area contributed by atoms with Crippen LogP contribution in [0.15, 0.2) is 72.8 Å². The Morgan fingerprint density at radius 2 is 0.861 bits per heavy atom. The molecular weight excluding hydrogens is 503 g/mol. The van der Waals surface area contributed by atoms with Gasteiger partial charge in [0.2, 0.25) is 0 Å². The molecule has 0 atom stereocenters. The highest BCUT2D eigenvalue weighted by atomic mass is 35.5. The van der Waals surface area contributed by atoms with Gasteiger partial charge in [0.05, 0.1) is 0 Å². The molecule has 0 saturated heterocycles. The van der Waals surface area contributed by atoms with Crippen LogP contribution in [0.4, 0.5) is 0 Å². The van der Waals surface area contributed by atoms with Gasteiger partial charge in [0.1, 0.15) is 0 Å². The molecule has 3 heteroatoms. The largest absolute Gasteiger partial charge is 0.0843 e. The Balaban J connectivity index is 0.000000244. The molecule has 0 aromatic heterocycles. The molecule has 0 bridgehead atoms. The lowest BCUT2D eigenvalue weighted by Gasteiger charge is -1.98. The summed E-state index contributed by atoms with van der Waals surface area (Å²) in [5, 5.41) is 2.67. The van der Waals surface area contributed by atoms with Gasteiger partial charge in [0.25, 0.3) is 0 Å². The molecule has 0 spiro atoms. The van der Waals surface area contributed by atoms with Crippen LogP contribution in [0.2, 0.25) is 15.1 Å². The summed E-state index contributed by atoms with van der Waals surface area (Å²) < 4.78 is 0. The Morgan fingerprint density at radius 3 is 1.19 bits per heavy atom. The fourth-order valence-corrected chi connectivity index (χ4v) is 4.24. The van der Waals surface area contributed by atoms with Crippen molar-refractivity contribution >= 4 is 34.8 Å². The topological polar surface area (TPSA) is 0 Å². The van der Waals surface area contributed by atoms with E-state index in [2.05, 4.69) is 36.4 Å². The molecule has 6 rings (SSSR count). The minimum Gasteiger partial charge on any atom is -0.0843 e. The maximum atomic E-state index is 5.96. The van der Waals surface area contributed by atoms with Gasteiger partial charge in [-0.15, -0.1) is 0 Å². The van der Waals surface area contributed by atoms with Crippen LogP contribution in [0.25, 0.3) is 0 Å². The lowest BCUT2D eigenvalue weighted by molar-refractivity contribution is 1.13. The van der Waals surface area contributed by atoms with E-state index in [4.69, 9.17) is 34.8 Å². The van der Waals surface area contributed by atoms with Crippen LogP contribution < -0.4 is 0 Å². The predicted molar refractivity (Wildman–Crippen MR) is 164 cm³/mol. The highest BCUT2D eigenvalue weighted by molar-refractivity contribution is 6.31. The highest BCUT2D eigenvalue weighted by Gasteiger charge is 2.25. The van der Waals surface area contributed by atoms with Gasteiger partial charge in [0, 0.05) is 15.1 Å². The van der Waals surface area contributed by atoms with Crippen molar-refractivity contribution in [1.29, 1.82) is 0 Å². The normalized spacial score (nSPS) is 14.9. The molecule has 0 unspecified atom stereocenters. The summed E-state index contributed by atoms with van der Waals surface area (Å²) in [6.07, 6.45) is 8.04. The van der Waals surface area contributed by atoms with Gasteiger partial charge in [-0.1, -0.05) is 119 Å². The number of halogens is 3. The Labute approximate surface area is 236 Å². The Morgan fingerprint density at radius 1 is 0.472 bits per heavy atom. The van der Waals surface area contributed by atoms with Crippen molar-refractivity contribution in [2.45, 2.75) is 97.8 Å². The van der Waals surface area contributed by atoms with Gasteiger partial charge in [-0.05, 0) is 103 Å². The van der Waals surface area contributed by atoms with Gasteiger partial charge >= 0.3 is 0 Å². The summed E-state index contributed by atoms with van der Waals surface area (Å²) in [4.78, 5) is 0. The number of rotatable bonds is 3. The lowest BCUT2D eigenvalue weighted by atomic mass is 10.1. The summed E-state index contributed by atoms with van der Waals surface area (Å²) in [6, 6.07) is 24.5. The van der Waals surface area contributed by atoms with E-state index in [0.29, 0.717) is 0 Å². The molecule has 0 amide bonds. The zero-order valence-corrected chi connectivity index (χ0v) is 25.3. The minimum absolute atomic E-state index is 0.772. The van der Waals surface area contributed by atoms with Crippen molar-refractivity contribution in [1.82, 2.24) is 0 Å². The smallest absolute Gasteiger partial charge is 0.0440 e. The number of hydrogen-bond donors (Lipinski definition) is 0. The molecule has 0 N–H and O–H groups in total. The second kappa shape index (κ2) is 18.7. The Bertz CT molecular complexity index is 916. The van der Waals surface area contributed by atoms with E-state index in [-0.39, 0.29) is 0 Å². The Kier molecular flexibility index (Phi) is 16.9. The fourth-order valence-electron chi connectivity index (χ4n) is 3.55. The Hall–Kier alpha value is -1.47. The summed E-state index contributed by atoms with van der Waals surface area (Å²) >= 11 is 17.6. The maximum Gasteiger partial charge on any atom is 0.0440 e. The monoisotopic (exact) mass is 546 g/mol. The third-order valence-corrected chi connectivity index (χ3v) is 6.53. The van der Waals surface area contributed by atoms with Crippen molar-refractivity contribution < 1.29 is 0 Å². The van der Waals surface area contributed by atoms with Gasteiger partial charge in [0.15, 0.2) is 0 Å². The molecule has 198 valence electrons. The second-order valence-electron chi connectivity index (χ2n) is 8.45. The van der Waals surface area contributed by atoms with Crippen molar-refractivity contribution in [2.24, 2.45) is 0 Å². The first-order chi connectivity index (χ1) is 17.6. The minimum atomic E-state index is 0.772. The molecule has 0 heterocycles. The molecule has 3 fully saturated rings. The maximum absolute atomic E-state index is 5.96. The highest BCUT2D eigenvalue weighted by Crippen LogP contribution is 2.43. The van der Waals surface area contributed by atoms with E-state index >= 15 is 0 Å². The fraction of sp³-hybridized carbons (Fsp3) is 0.455. The van der Waals surface area contributed by atoms with E-state index in [1.54, 1.807) is 0 Å². The zero-order valence-electron chi connectivity index (χ0n) is 23.0. The SMILES string of the molecule is CC.CC.CC.Clc1cccc(C2CC2)c1.Clc1cccc(C2CC2)c1.Clc1ccccc1C1CC1. The van der Waals surface area contributed by atoms with E-state index in [0.717, 1.165) is 32.8 Å². The molecule has 3 aliphatic carbocycles. The van der Waals surface area contributed by atoms with Crippen molar-refractivity contribution in [3.8, 4) is 0 Å². The van der Waals surface area contributed by atoms with Gasteiger partial charge < -0.3 is 0 Å². The van der Waals surface area contributed by atoms with Crippen LogP contribution >= 0.6 is 34.8 Å². The van der Waals surface area contributed by atoms with Crippen LogP contribution in [0.3, 0.4) is 0 Å². The van der Waals surface area contributed by atoms with E-state index in [1.807, 2.05) is 77.9 Å². The van der Waals surface area contributed by atoms with E-state index in [9.17, 15) is 0 Å². The summed E-state index contributed by atoms with van der Waals surface area (Å²) in [7, 11) is 0.